The summed E-state index contributed by atoms with van der Waals surface area (Å²) in [5.41, 5.74) is 6.24. The number of benzene rings is 1. The average molecular weight is 347 g/mol. The van der Waals surface area contributed by atoms with Gasteiger partial charge in [0.25, 0.3) is 0 Å². The first-order chi connectivity index (χ1) is 10.0. The number of halogens is 1. The maximum Gasteiger partial charge on any atom is 0.224 e. The predicted molar refractivity (Wildman–Crippen MR) is 80.2 cm³/mol. The normalized spacial score (nSPS) is 11.7. The van der Waals surface area contributed by atoms with Crippen molar-refractivity contribution in [3.63, 3.8) is 0 Å². The lowest BCUT2D eigenvalue weighted by Crippen LogP contribution is -2.16. The molecule has 0 fully saturated rings. The number of carbonyl (C=O) groups is 1. The van der Waals surface area contributed by atoms with E-state index in [1.54, 1.807) is 18.2 Å². The van der Waals surface area contributed by atoms with Gasteiger partial charge in [0.2, 0.25) is 11.7 Å². The minimum Gasteiger partial charge on any atom is -0.469 e. The number of Topliss-reactive ketones (excluding diaryl/α,β-unsaturated/α-hetero) is 1. The van der Waals surface area contributed by atoms with Crippen molar-refractivity contribution in [2.24, 2.45) is 5.73 Å². The van der Waals surface area contributed by atoms with Gasteiger partial charge in [0.1, 0.15) is 18.0 Å². The van der Waals surface area contributed by atoms with Gasteiger partial charge in [0, 0.05) is 10.2 Å². The molecule has 0 aliphatic heterocycles. The van der Waals surface area contributed by atoms with E-state index in [1.165, 1.54) is 13.3 Å². The third-order valence-electron chi connectivity index (χ3n) is 2.69. The summed E-state index contributed by atoms with van der Waals surface area (Å²) in [6, 6.07) is 7.22. The van der Waals surface area contributed by atoms with Crippen LogP contribution in [0.1, 0.15) is 6.92 Å². The highest BCUT2D eigenvalue weighted by Gasteiger charge is 2.14. The average Bonchev–Trinajstić information content (AvgIpc) is 2.45. The summed E-state index contributed by atoms with van der Waals surface area (Å²) in [6.45, 7) is 1.18. The number of ketones is 1. The number of allylic oxidation sites excluding steroid dienone is 1. The zero-order valence-corrected chi connectivity index (χ0v) is 12.7. The molecule has 1 aromatic heterocycles. The van der Waals surface area contributed by atoms with Gasteiger partial charge < -0.3 is 10.5 Å². The summed E-state index contributed by atoms with van der Waals surface area (Å²) in [4.78, 5) is 20.0. The maximum atomic E-state index is 11.9. The van der Waals surface area contributed by atoms with Crippen molar-refractivity contribution in [3.05, 3.63) is 40.3 Å². The molecule has 2 rings (SSSR count). The van der Waals surface area contributed by atoms with Crippen molar-refractivity contribution in [1.29, 1.82) is 5.26 Å². The Hall–Kier alpha value is -2.46. The van der Waals surface area contributed by atoms with E-state index in [9.17, 15) is 4.79 Å². The first-order valence-electron chi connectivity index (χ1n) is 5.95. The second-order valence-corrected chi connectivity index (χ2v) is 5.14. The number of nitriles is 1. The Bertz CT molecular complexity index is 776. The fraction of sp³-hybridized carbons (Fsp3) is 0.143. The largest absolute Gasteiger partial charge is 0.469 e. The topological polar surface area (TPSA) is 102 Å². The van der Waals surface area contributed by atoms with Crippen LogP contribution in [0.25, 0.3) is 10.9 Å². The van der Waals surface area contributed by atoms with Gasteiger partial charge in [-0.1, -0.05) is 15.9 Å². The number of nitrogens with two attached hydrogens (primary N) is 1. The lowest BCUT2D eigenvalue weighted by atomic mass is 10.1. The van der Waals surface area contributed by atoms with Gasteiger partial charge in [0.15, 0.2) is 6.61 Å². The van der Waals surface area contributed by atoms with E-state index in [4.69, 9.17) is 15.7 Å². The summed E-state index contributed by atoms with van der Waals surface area (Å²) in [6.07, 6.45) is 1.35. The van der Waals surface area contributed by atoms with Crippen LogP contribution in [0, 0.1) is 11.3 Å². The Labute approximate surface area is 129 Å². The lowest BCUT2D eigenvalue weighted by molar-refractivity contribution is -0.117. The lowest BCUT2D eigenvalue weighted by Gasteiger charge is -2.07. The standard InChI is InChI=1S/C14H11BrN4O2/c1-8(17)11(5-16)13(20)6-21-14-10-4-9(15)2-3-12(10)18-7-19-14/h2-4,7H,6,17H2,1H3/b11-8+. The molecule has 0 atom stereocenters. The van der Waals surface area contributed by atoms with Crippen LogP contribution in [0.3, 0.4) is 0 Å². The van der Waals surface area contributed by atoms with E-state index in [0.29, 0.717) is 10.9 Å². The monoisotopic (exact) mass is 346 g/mol. The Morgan fingerprint density at radius 3 is 2.90 bits per heavy atom. The van der Waals surface area contributed by atoms with Crippen molar-refractivity contribution in [2.75, 3.05) is 6.61 Å². The number of nitrogens with zero attached hydrogens (tertiary/aromatic N) is 3. The molecular formula is C14H11BrN4O2. The molecule has 0 aliphatic rings. The number of rotatable bonds is 4. The van der Waals surface area contributed by atoms with Crippen LogP contribution in [-0.4, -0.2) is 22.4 Å². The first-order valence-corrected chi connectivity index (χ1v) is 6.75. The summed E-state index contributed by atoms with van der Waals surface area (Å²) >= 11 is 3.36. The van der Waals surface area contributed by atoms with Crippen LogP contribution in [0.15, 0.2) is 40.3 Å². The molecule has 0 bridgehead atoms. The highest BCUT2D eigenvalue weighted by molar-refractivity contribution is 9.10. The van der Waals surface area contributed by atoms with E-state index in [0.717, 1.165) is 4.47 Å². The second-order valence-electron chi connectivity index (χ2n) is 4.22. The maximum absolute atomic E-state index is 11.9. The van der Waals surface area contributed by atoms with Gasteiger partial charge in [-0.15, -0.1) is 0 Å². The predicted octanol–water partition coefficient (Wildman–Crippen LogP) is 2.10. The molecule has 106 valence electrons. The highest BCUT2D eigenvalue weighted by atomic mass is 79.9. The van der Waals surface area contributed by atoms with Crippen molar-refractivity contribution in [3.8, 4) is 11.9 Å². The number of fused-ring (bicyclic) bond motifs is 1. The number of hydrogen-bond acceptors (Lipinski definition) is 6. The number of carbonyl (C=O) groups excluding carboxylic acids is 1. The molecular weight excluding hydrogens is 336 g/mol. The van der Waals surface area contributed by atoms with Gasteiger partial charge >= 0.3 is 0 Å². The van der Waals surface area contributed by atoms with Crippen molar-refractivity contribution in [2.45, 2.75) is 6.92 Å². The van der Waals surface area contributed by atoms with Crippen LogP contribution < -0.4 is 10.5 Å². The molecule has 0 unspecified atom stereocenters. The summed E-state index contributed by atoms with van der Waals surface area (Å²) < 4.78 is 6.25. The molecule has 1 aromatic carbocycles. The molecule has 1 heterocycles. The van der Waals surface area contributed by atoms with Crippen molar-refractivity contribution in [1.82, 2.24) is 9.97 Å². The fourth-order valence-electron chi connectivity index (χ4n) is 1.70. The Kier molecular flexibility index (Phi) is 4.50. The summed E-state index contributed by atoms with van der Waals surface area (Å²) in [5, 5.41) is 9.55. The quantitative estimate of drug-likeness (QED) is 0.671. The van der Waals surface area contributed by atoms with Crippen LogP contribution in [0.5, 0.6) is 5.88 Å². The van der Waals surface area contributed by atoms with E-state index in [1.807, 2.05) is 6.07 Å². The Morgan fingerprint density at radius 2 is 2.24 bits per heavy atom. The first kappa shape index (κ1) is 14.9. The van der Waals surface area contributed by atoms with Crippen molar-refractivity contribution < 1.29 is 9.53 Å². The molecule has 2 N–H and O–H groups in total. The Morgan fingerprint density at radius 1 is 1.48 bits per heavy atom. The SMILES string of the molecule is C/C(N)=C(/C#N)C(=O)COc1ncnc2ccc(Br)cc12. The summed E-state index contributed by atoms with van der Waals surface area (Å²) in [5.74, 6) is -0.208. The molecule has 0 radical (unpaired) electrons. The van der Waals surface area contributed by atoms with Gasteiger partial charge in [0.05, 0.1) is 10.9 Å². The fourth-order valence-corrected chi connectivity index (χ4v) is 2.06. The van der Waals surface area contributed by atoms with Gasteiger partial charge in [-0.3, -0.25) is 4.79 Å². The molecule has 0 saturated heterocycles. The highest BCUT2D eigenvalue weighted by Crippen LogP contribution is 2.24. The van der Waals surface area contributed by atoms with Crippen molar-refractivity contribution >= 4 is 32.6 Å². The van der Waals surface area contributed by atoms with E-state index in [-0.39, 0.29) is 23.8 Å². The number of hydrogen-bond donors (Lipinski definition) is 1. The molecule has 2 aromatic rings. The third kappa shape index (κ3) is 3.35. The number of aromatic nitrogens is 2. The van der Waals surface area contributed by atoms with Gasteiger partial charge in [-0.05, 0) is 25.1 Å². The van der Waals surface area contributed by atoms with Crippen LogP contribution >= 0.6 is 15.9 Å². The minimum absolute atomic E-state index is 0.102. The van der Waals surface area contributed by atoms with Gasteiger partial charge in [-0.25, -0.2) is 9.97 Å². The number of ether oxygens (including phenoxy) is 1. The van der Waals surface area contributed by atoms with E-state index in [2.05, 4.69) is 25.9 Å². The van der Waals surface area contributed by atoms with Crippen LogP contribution in [0.2, 0.25) is 0 Å². The molecule has 7 heteroatoms. The molecule has 6 nitrogen and oxygen atoms in total. The molecule has 0 saturated carbocycles. The van der Waals surface area contributed by atoms with E-state index < -0.39 is 5.78 Å². The van der Waals surface area contributed by atoms with Crippen LogP contribution in [0.4, 0.5) is 0 Å². The third-order valence-corrected chi connectivity index (χ3v) is 3.18. The molecule has 0 aliphatic carbocycles. The van der Waals surface area contributed by atoms with Gasteiger partial charge in [-0.2, -0.15) is 5.26 Å². The Balaban J connectivity index is 2.26. The summed E-state index contributed by atoms with van der Waals surface area (Å²) in [7, 11) is 0. The molecule has 21 heavy (non-hydrogen) atoms. The smallest absolute Gasteiger partial charge is 0.224 e. The molecule has 0 spiro atoms. The second kappa shape index (κ2) is 6.33. The zero-order chi connectivity index (χ0) is 15.4. The van der Waals surface area contributed by atoms with E-state index >= 15 is 0 Å². The minimum atomic E-state index is -0.487. The zero-order valence-electron chi connectivity index (χ0n) is 11.1. The van der Waals surface area contributed by atoms with Crippen LogP contribution in [-0.2, 0) is 4.79 Å². The molecule has 0 amide bonds.